The van der Waals surface area contributed by atoms with E-state index in [4.69, 9.17) is 19.3 Å². The van der Waals surface area contributed by atoms with Crippen LogP contribution in [-0.2, 0) is 33.4 Å². The molecule has 0 aliphatic carbocycles. The van der Waals surface area contributed by atoms with Crippen molar-refractivity contribution in [3.63, 3.8) is 0 Å². The minimum absolute atomic E-state index is 0.0437. The van der Waals surface area contributed by atoms with Crippen molar-refractivity contribution >= 4 is 23.9 Å². The lowest BCUT2D eigenvalue weighted by molar-refractivity contribution is -0.164. The second kappa shape index (κ2) is 51.9. The lowest BCUT2D eigenvalue weighted by atomic mass is 9.89. The van der Waals surface area contributed by atoms with Crippen molar-refractivity contribution in [3.8, 4) is 0 Å². The molecule has 3 unspecified atom stereocenters. The molecule has 8 nitrogen and oxygen atoms in total. The second-order valence-electron chi connectivity index (χ2n) is 20.0. The molecule has 396 valence electrons. The molecule has 0 radical (unpaired) electrons. The quantitative estimate of drug-likeness (QED) is 0.0277. The first-order valence-corrected chi connectivity index (χ1v) is 28.9. The molecule has 8 heteroatoms. The van der Waals surface area contributed by atoms with E-state index in [1.807, 2.05) is 6.92 Å². The first-order valence-electron chi connectivity index (χ1n) is 28.9. The molecule has 0 aromatic heterocycles. The Balaban J connectivity index is 4.59. The number of hydrogen-bond acceptors (Lipinski definition) is 7. The molecule has 0 rings (SSSR count). The molecule has 0 aliphatic heterocycles. The minimum atomic E-state index is -0.707. The van der Waals surface area contributed by atoms with Gasteiger partial charge in [-0.2, -0.15) is 0 Å². The van der Waals surface area contributed by atoms with E-state index >= 15 is 0 Å². The van der Waals surface area contributed by atoms with Crippen LogP contribution in [0, 0.1) is 11.8 Å². The lowest BCUT2D eigenvalue weighted by Gasteiger charge is -2.24. The van der Waals surface area contributed by atoms with Gasteiger partial charge in [0.1, 0.15) is 12.7 Å². The highest BCUT2D eigenvalue weighted by Gasteiger charge is 2.29. The third-order valence-corrected chi connectivity index (χ3v) is 13.1. The molecular formula is C60H108O8. The van der Waals surface area contributed by atoms with Crippen LogP contribution in [0.25, 0.3) is 0 Å². The number of hydrogen-bond donors (Lipinski definition) is 1. The summed E-state index contributed by atoms with van der Waals surface area (Å²) in [4.78, 5) is 49.5. The van der Waals surface area contributed by atoms with Gasteiger partial charge >= 0.3 is 23.9 Å². The molecule has 1 N–H and O–H groups in total. The first kappa shape index (κ1) is 65.1. The predicted octanol–water partition coefficient (Wildman–Crippen LogP) is 18.0. The van der Waals surface area contributed by atoms with E-state index in [0.717, 1.165) is 122 Å². The number of carboxylic acids is 1. The maximum absolute atomic E-state index is 13.6. The van der Waals surface area contributed by atoms with Gasteiger partial charge in [-0.1, -0.05) is 198 Å². The van der Waals surface area contributed by atoms with E-state index in [2.05, 4.69) is 50.3 Å². The number of carboxylic acid groups (broad SMARTS) is 1. The Bertz CT molecular complexity index is 1240. The maximum atomic E-state index is 13.6. The van der Waals surface area contributed by atoms with Crippen molar-refractivity contribution in [2.45, 2.75) is 297 Å². The SMILES string of the molecule is CCCCCCCCC=CCCCCCCCC(=O)OCC(C)OC(=O)C(CCCCCCC=CCCCCCCCC(=O)O)C(C)COC(=O)CCCCCCCC=CCCCCCCCC. The number of aliphatic carboxylic acids is 1. The molecule has 3 atom stereocenters. The zero-order valence-corrected chi connectivity index (χ0v) is 44.9. The highest BCUT2D eigenvalue weighted by molar-refractivity contribution is 5.73. The Morgan fingerprint density at radius 3 is 1.07 bits per heavy atom. The van der Waals surface area contributed by atoms with E-state index in [1.165, 1.54) is 116 Å². The van der Waals surface area contributed by atoms with Crippen LogP contribution in [0.4, 0.5) is 0 Å². The van der Waals surface area contributed by atoms with Gasteiger partial charge in [0, 0.05) is 25.2 Å². The molecular weight excluding hydrogens is 849 g/mol. The van der Waals surface area contributed by atoms with Crippen LogP contribution in [0.15, 0.2) is 36.5 Å². The van der Waals surface area contributed by atoms with Crippen molar-refractivity contribution in [1.29, 1.82) is 0 Å². The standard InChI is InChI=1S/C60H108O8/c1-5-7-9-11-13-15-17-19-21-26-30-34-38-42-46-50-58(63)66-52-54(3)56(48-44-40-36-32-28-24-23-25-29-33-37-41-45-49-57(61)62)60(65)68-55(4)53-67-59(64)51-47-43-39-35-31-27-22-20-18-16-14-12-10-8-6-2/h19-24,54-56H,5-18,25-53H2,1-4H3,(H,61,62). The summed E-state index contributed by atoms with van der Waals surface area (Å²) in [6, 6.07) is 0. The van der Waals surface area contributed by atoms with E-state index in [9.17, 15) is 19.2 Å². The van der Waals surface area contributed by atoms with Crippen LogP contribution in [-0.4, -0.2) is 48.3 Å². The Kier molecular flexibility index (Phi) is 49.7. The van der Waals surface area contributed by atoms with E-state index in [1.54, 1.807) is 6.92 Å². The van der Waals surface area contributed by atoms with E-state index in [0.29, 0.717) is 19.3 Å². The van der Waals surface area contributed by atoms with Gasteiger partial charge in [-0.3, -0.25) is 19.2 Å². The fourth-order valence-electron chi connectivity index (χ4n) is 8.61. The molecule has 0 heterocycles. The van der Waals surface area contributed by atoms with Crippen molar-refractivity contribution in [2.24, 2.45) is 11.8 Å². The molecule has 0 aromatic carbocycles. The average molecular weight is 958 g/mol. The predicted molar refractivity (Wildman–Crippen MR) is 286 cm³/mol. The summed E-state index contributed by atoms with van der Waals surface area (Å²) in [5, 5.41) is 8.76. The molecule has 0 fully saturated rings. The fourth-order valence-corrected chi connectivity index (χ4v) is 8.61. The normalized spacial score (nSPS) is 13.1. The van der Waals surface area contributed by atoms with Crippen molar-refractivity contribution in [3.05, 3.63) is 36.5 Å². The molecule has 0 aromatic rings. The monoisotopic (exact) mass is 957 g/mol. The zero-order valence-electron chi connectivity index (χ0n) is 44.9. The van der Waals surface area contributed by atoms with Gasteiger partial charge in [-0.05, 0) is 110 Å². The minimum Gasteiger partial charge on any atom is -0.481 e. The Morgan fingerprint density at radius 1 is 0.397 bits per heavy atom. The highest BCUT2D eigenvalue weighted by Crippen LogP contribution is 2.24. The number of unbranched alkanes of at least 4 members (excludes halogenated alkanes) is 31. The Morgan fingerprint density at radius 2 is 0.706 bits per heavy atom. The zero-order chi connectivity index (χ0) is 49.8. The fraction of sp³-hybridized carbons (Fsp3) is 0.833. The smallest absolute Gasteiger partial charge is 0.309 e. The van der Waals surface area contributed by atoms with Crippen molar-refractivity contribution in [2.75, 3.05) is 13.2 Å². The van der Waals surface area contributed by atoms with Gasteiger partial charge in [0.25, 0.3) is 0 Å². The summed E-state index contributed by atoms with van der Waals surface area (Å²) < 4.78 is 17.1. The first-order chi connectivity index (χ1) is 33.2. The third kappa shape index (κ3) is 48.1. The topological polar surface area (TPSA) is 116 Å². The number of rotatable bonds is 52. The van der Waals surface area contributed by atoms with Crippen LogP contribution in [0.2, 0.25) is 0 Å². The van der Waals surface area contributed by atoms with Crippen LogP contribution < -0.4 is 0 Å². The summed E-state index contributed by atoms with van der Waals surface area (Å²) in [5.74, 6) is -2.04. The molecule has 0 spiro atoms. The number of carbonyl (C=O) groups excluding carboxylic acids is 3. The molecule has 0 amide bonds. The molecule has 0 bridgehead atoms. The number of carbonyl (C=O) groups is 4. The van der Waals surface area contributed by atoms with Crippen LogP contribution in [0.3, 0.4) is 0 Å². The number of ether oxygens (including phenoxy) is 3. The van der Waals surface area contributed by atoms with Gasteiger partial charge in [0.05, 0.1) is 12.5 Å². The summed E-state index contributed by atoms with van der Waals surface area (Å²) in [7, 11) is 0. The van der Waals surface area contributed by atoms with Gasteiger partial charge in [0.2, 0.25) is 0 Å². The number of esters is 3. The second-order valence-corrected chi connectivity index (χ2v) is 20.0. The van der Waals surface area contributed by atoms with Crippen molar-refractivity contribution < 1.29 is 38.5 Å². The van der Waals surface area contributed by atoms with E-state index < -0.39 is 18.0 Å². The lowest BCUT2D eigenvalue weighted by Crippen LogP contribution is -2.32. The van der Waals surface area contributed by atoms with Crippen LogP contribution in [0.5, 0.6) is 0 Å². The summed E-state index contributed by atoms with van der Waals surface area (Å²) in [6.45, 7) is 8.50. The summed E-state index contributed by atoms with van der Waals surface area (Å²) >= 11 is 0. The van der Waals surface area contributed by atoms with Gasteiger partial charge in [-0.25, -0.2) is 0 Å². The van der Waals surface area contributed by atoms with Gasteiger partial charge in [-0.15, -0.1) is 0 Å². The van der Waals surface area contributed by atoms with Crippen LogP contribution in [0.1, 0.15) is 291 Å². The largest absolute Gasteiger partial charge is 0.481 e. The summed E-state index contributed by atoms with van der Waals surface area (Å²) in [6.07, 6.45) is 57.9. The molecule has 0 aliphatic rings. The molecule has 0 saturated heterocycles. The van der Waals surface area contributed by atoms with Crippen LogP contribution >= 0.6 is 0 Å². The average Bonchev–Trinajstić information content (AvgIpc) is 3.32. The highest BCUT2D eigenvalue weighted by atomic mass is 16.6. The maximum Gasteiger partial charge on any atom is 0.309 e. The molecule has 0 saturated carbocycles. The van der Waals surface area contributed by atoms with Gasteiger partial charge in [0.15, 0.2) is 0 Å². The summed E-state index contributed by atoms with van der Waals surface area (Å²) in [5.41, 5.74) is 0. The Labute approximate surface area is 419 Å². The third-order valence-electron chi connectivity index (χ3n) is 13.1. The van der Waals surface area contributed by atoms with Crippen molar-refractivity contribution in [1.82, 2.24) is 0 Å². The Hall–Kier alpha value is -2.90. The van der Waals surface area contributed by atoms with Gasteiger partial charge < -0.3 is 19.3 Å². The number of allylic oxidation sites excluding steroid dienone is 6. The van der Waals surface area contributed by atoms with E-state index in [-0.39, 0.29) is 43.5 Å². The molecule has 68 heavy (non-hydrogen) atoms.